The molecule has 0 saturated carbocycles. The predicted molar refractivity (Wildman–Crippen MR) is 106 cm³/mol. The van der Waals surface area contributed by atoms with Gasteiger partial charge in [-0.05, 0) is 37.5 Å². The first-order chi connectivity index (χ1) is 13.8. The molecule has 1 amide bonds. The average molecular weight is 426 g/mol. The number of hydrogen-bond donors (Lipinski definition) is 2. The molecule has 0 spiro atoms. The maximum absolute atomic E-state index is 13.7. The first-order valence-corrected chi connectivity index (χ1v) is 9.22. The number of hydrogen-bond acceptors (Lipinski definition) is 5. The number of nitrogens with zero attached hydrogens (tertiary/aromatic N) is 3. The van der Waals surface area contributed by atoms with E-state index in [-0.39, 0.29) is 29.6 Å². The number of ether oxygens (including phenoxy) is 1. The predicted octanol–water partition coefficient (Wildman–Crippen LogP) is 4.42. The van der Waals surface area contributed by atoms with Gasteiger partial charge in [0.25, 0.3) is 0 Å². The number of nitrogens with two attached hydrogens (primary N) is 1. The highest BCUT2D eigenvalue weighted by molar-refractivity contribution is 5.84. The fraction of sp³-hybridized carbons (Fsp3) is 0.450. The Morgan fingerprint density at radius 2 is 1.97 bits per heavy atom. The van der Waals surface area contributed by atoms with E-state index in [1.807, 2.05) is 13.8 Å². The summed E-state index contributed by atoms with van der Waals surface area (Å²) in [4.78, 5) is 19.9. The summed E-state index contributed by atoms with van der Waals surface area (Å²) >= 11 is 0. The molecule has 0 aliphatic heterocycles. The summed E-state index contributed by atoms with van der Waals surface area (Å²) in [7, 11) is 1.28. The van der Waals surface area contributed by atoms with Crippen LogP contribution in [0.15, 0.2) is 30.6 Å². The lowest BCUT2D eigenvalue weighted by Gasteiger charge is -2.27. The molecule has 0 aliphatic carbocycles. The van der Waals surface area contributed by atoms with Crippen molar-refractivity contribution in [2.24, 2.45) is 11.7 Å². The second-order valence-corrected chi connectivity index (χ2v) is 7.85. The lowest BCUT2D eigenvalue weighted by molar-refractivity contribution is -0.139. The molecule has 3 N–H and O–H groups in total. The number of alkyl halides is 3. The number of halogens is 3. The highest BCUT2D eigenvalue weighted by Crippen LogP contribution is 2.38. The summed E-state index contributed by atoms with van der Waals surface area (Å²) in [6, 6.07) is 3.66. The molecule has 2 aromatic rings. The molecule has 2 heterocycles. The third-order valence-electron chi connectivity index (χ3n) is 4.28. The highest BCUT2D eigenvalue weighted by Gasteiger charge is 2.36. The zero-order valence-corrected chi connectivity index (χ0v) is 17.2. The van der Waals surface area contributed by atoms with E-state index in [0.717, 1.165) is 17.2 Å². The number of anilines is 1. The van der Waals surface area contributed by atoms with Gasteiger partial charge >= 0.3 is 12.3 Å². The minimum Gasteiger partial charge on any atom is -0.489 e. The quantitative estimate of drug-likeness (QED) is 0.680. The molecule has 10 heteroatoms. The van der Waals surface area contributed by atoms with E-state index in [9.17, 15) is 18.0 Å². The third kappa shape index (κ3) is 6.06. The Morgan fingerprint density at radius 3 is 2.53 bits per heavy atom. The van der Waals surface area contributed by atoms with E-state index in [2.05, 4.69) is 9.97 Å². The van der Waals surface area contributed by atoms with Gasteiger partial charge in [-0.3, -0.25) is 9.88 Å². The molecular weight excluding hydrogens is 401 g/mol. The number of pyridine rings is 2. The second kappa shape index (κ2) is 8.86. The number of carboxylic acid groups (broad SMARTS) is 1. The van der Waals surface area contributed by atoms with Crippen LogP contribution in [-0.4, -0.2) is 40.4 Å². The summed E-state index contributed by atoms with van der Waals surface area (Å²) in [5, 5.41) is 9.06. The summed E-state index contributed by atoms with van der Waals surface area (Å²) < 4.78 is 46.4. The van der Waals surface area contributed by atoms with Gasteiger partial charge in [0, 0.05) is 24.3 Å². The van der Waals surface area contributed by atoms with Crippen LogP contribution < -0.4 is 15.4 Å². The first kappa shape index (κ1) is 23.4. The number of amides is 1. The monoisotopic (exact) mass is 426 g/mol. The van der Waals surface area contributed by atoms with Crippen LogP contribution >= 0.6 is 0 Å². The highest BCUT2D eigenvalue weighted by atomic mass is 19.4. The molecule has 0 bridgehead atoms. The van der Waals surface area contributed by atoms with Gasteiger partial charge < -0.3 is 15.6 Å². The first-order valence-electron chi connectivity index (χ1n) is 9.22. The van der Waals surface area contributed by atoms with Crippen molar-refractivity contribution in [1.29, 1.82) is 0 Å². The topological polar surface area (TPSA) is 102 Å². The van der Waals surface area contributed by atoms with Crippen molar-refractivity contribution in [2.75, 3.05) is 18.6 Å². The van der Waals surface area contributed by atoms with Crippen molar-refractivity contribution in [1.82, 2.24) is 9.97 Å². The molecule has 0 aromatic carbocycles. The maximum Gasteiger partial charge on any atom is 0.420 e. The van der Waals surface area contributed by atoms with Crippen LogP contribution in [0.5, 0.6) is 5.75 Å². The fourth-order valence-electron chi connectivity index (χ4n) is 3.03. The van der Waals surface area contributed by atoms with Crippen molar-refractivity contribution in [2.45, 2.75) is 38.9 Å². The summed E-state index contributed by atoms with van der Waals surface area (Å²) in [5.41, 5.74) is 4.64. The molecule has 2 aromatic heterocycles. The zero-order valence-electron chi connectivity index (χ0n) is 17.2. The Morgan fingerprint density at radius 1 is 1.30 bits per heavy atom. The van der Waals surface area contributed by atoms with E-state index >= 15 is 0 Å². The van der Waals surface area contributed by atoms with Crippen LogP contribution in [0.1, 0.15) is 32.8 Å². The van der Waals surface area contributed by atoms with Gasteiger partial charge in [0.1, 0.15) is 23.7 Å². The Labute approximate surface area is 172 Å². The van der Waals surface area contributed by atoms with Crippen molar-refractivity contribution < 1.29 is 27.8 Å². The minimum absolute atomic E-state index is 0.00908. The molecule has 164 valence electrons. The van der Waals surface area contributed by atoms with Crippen LogP contribution in [0.3, 0.4) is 0 Å². The maximum atomic E-state index is 13.7. The smallest absolute Gasteiger partial charge is 0.420 e. The van der Waals surface area contributed by atoms with E-state index in [0.29, 0.717) is 6.42 Å². The third-order valence-corrected chi connectivity index (χ3v) is 4.28. The van der Waals surface area contributed by atoms with Crippen LogP contribution in [-0.2, 0) is 6.18 Å². The van der Waals surface area contributed by atoms with Crippen LogP contribution in [0.25, 0.3) is 11.3 Å². The van der Waals surface area contributed by atoms with Gasteiger partial charge in [-0.1, -0.05) is 13.8 Å². The Balaban J connectivity index is 2.38. The summed E-state index contributed by atoms with van der Waals surface area (Å²) in [6.45, 7) is 5.55. The van der Waals surface area contributed by atoms with E-state index in [4.69, 9.17) is 15.6 Å². The summed E-state index contributed by atoms with van der Waals surface area (Å²) in [5.74, 6) is -0.0945. The van der Waals surface area contributed by atoms with E-state index in [1.165, 1.54) is 25.4 Å². The standard InChI is InChI=1S/C20H25F3N4O3/c1-12(2)9-19(3,24)11-30-16-10-26-15(8-14(16)20(21,22)23)13-5-6-25-17(7-13)27(4)18(28)29/h5-8,10,12H,9,11,24H2,1-4H3,(H,28,29)/t19-/m0/s1. The molecule has 0 unspecified atom stereocenters. The number of aromatic nitrogens is 2. The van der Waals surface area contributed by atoms with Gasteiger partial charge in [-0.15, -0.1) is 0 Å². The van der Waals surface area contributed by atoms with Gasteiger partial charge in [0.15, 0.2) is 0 Å². The number of carbonyl (C=O) groups is 1. The van der Waals surface area contributed by atoms with E-state index < -0.39 is 29.1 Å². The van der Waals surface area contributed by atoms with Crippen molar-refractivity contribution in [3.8, 4) is 17.0 Å². The molecule has 1 atom stereocenters. The molecule has 0 aliphatic rings. The van der Waals surface area contributed by atoms with E-state index in [1.54, 1.807) is 6.92 Å². The fourth-order valence-corrected chi connectivity index (χ4v) is 3.03. The second-order valence-electron chi connectivity index (χ2n) is 7.85. The summed E-state index contributed by atoms with van der Waals surface area (Å²) in [6.07, 6.45) is -3.04. The Bertz CT molecular complexity index is 901. The zero-order chi connectivity index (χ0) is 22.7. The van der Waals surface area contributed by atoms with Gasteiger partial charge in [-0.2, -0.15) is 13.2 Å². The minimum atomic E-state index is -4.68. The Hall–Kier alpha value is -2.88. The van der Waals surface area contributed by atoms with Gasteiger partial charge in [-0.25, -0.2) is 9.78 Å². The molecule has 0 radical (unpaired) electrons. The lowest BCUT2D eigenvalue weighted by atomic mass is 9.93. The van der Waals surface area contributed by atoms with Gasteiger partial charge in [0.05, 0.1) is 11.9 Å². The van der Waals surface area contributed by atoms with Crippen molar-refractivity contribution >= 4 is 11.9 Å². The molecule has 30 heavy (non-hydrogen) atoms. The molecule has 2 rings (SSSR count). The molecule has 7 nitrogen and oxygen atoms in total. The normalized spacial score (nSPS) is 13.8. The molecule has 0 saturated heterocycles. The largest absolute Gasteiger partial charge is 0.489 e. The van der Waals surface area contributed by atoms with Crippen LogP contribution in [0.4, 0.5) is 23.8 Å². The average Bonchev–Trinajstić information content (AvgIpc) is 2.64. The molecule has 0 fully saturated rings. The van der Waals surface area contributed by atoms with Crippen LogP contribution in [0.2, 0.25) is 0 Å². The SMILES string of the molecule is CC(C)C[C@](C)(N)COc1cnc(-c2ccnc(N(C)C(=O)O)c2)cc1C(F)(F)F. The number of rotatable bonds is 7. The Kier molecular flexibility index (Phi) is 6.91. The van der Waals surface area contributed by atoms with Crippen molar-refractivity contribution in [3.63, 3.8) is 0 Å². The lowest BCUT2D eigenvalue weighted by Crippen LogP contribution is -2.43. The van der Waals surface area contributed by atoms with Gasteiger partial charge in [0.2, 0.25) is 0 Å². The van der Waals surface area contributed by atoms with Crippen molar-refractivity contribution in [3.05, 3.63) is 36.2 Å². The van der Waals surface area contributed by atoms with Crippen LogP contribution in [0, 0.1) is 5.92 Å². The molecular formula is C20H25F3N4O3.